The van der Waals surface area contributed by atoms with Crippen molar-refractivity contribution >= 4 is 68.6 Å². The summed E-state index contributed by atoms with van der Waals surface area (Å²) in [6, 6.07) is 4.99. The van der Waals surface area contributed by atoms with Gasteiger partial charge in [-0.05, 0) is 51.3 Å². The van der Waals surface area contributed by atoms with Crippen LogP contribution in [0.1, 0.15) is 27.4 Å². The first-order chi connectivity index (χ1) is 17.6. The lowest BCUT2D eigenvalue weighted by Crippen LogP contribution is -2.61. The van der Waals surface area contributed by atoms with E-state index in [4.69, 9.17) is 34.8 Å². The first kappa shape index (κ1) is 33.0. The van der Waals surface area contributed by atoms with Crippen LogP contribution in [0.15, 0.2) is 40.9 Å². The summed E-state index contributed by atoms with van der Waals surface area (Å²) in [6.07, 6.45) is -9.87. The van der Waals surface area contributed by atoms with Gasteiger partial charge in [0.25, 0.3) is 5.91 Å². The summed E-state index contributed by atoms with van der Waals surface area (Å²) in [5.74, 6) is -19.8. The number of halogens is 14. The molecule has 0 heterocycles. The minimum absolute atomic E-state index is 0.0548. The molecule has 0 aromatic heterocycles. The van der Waals surface area contributed by atoms with Gasteiger partial charge in [0.15, 0.2) is 0 Å². The molecule has 214 valence electrons. The number of nitrogens with one attached hydrogen (secondary N) is 2. The van der Waals surface area contributed by atoms with Gasteiger partial charge in [0.2, 0.25) is 0 Å². The molecule has 0 saturated carbocycles. The van der Waals surface area contributed by atoms with E-state index in [1.807, 2.05) is 0 Å². The molecule has 0 aliphatic carbocycles. The summed E-state index contributed by atoms with van der Waals surface area (Å²) < 4.78 is 130. The van der Waals surface area contributed by atoms with Crippen molar-refractivity contribution in [3.8, 4) is 0 Å². The Hall–Kier alpha value is -2.23. The van der Waals surface area contributed by atoms with Crippen LogP contribution in [0, 0.1) is 0 Å². The lowest BCUT2D eigenvalue weighted by molar-refractivity contribution is -0.344. The van der Waals surface area contributed by atoms with Crippen molar-refractivity contribution in [2.45, 2.75) is 30.1 Å². The summed E-state index contributed by atoms with van der Waals surface area (Å²) >= 11 is 20.2. The number of alkyl halides is 10. The quantitative estimate of drug-likeness (QED) is 0.181. The molecule has 1 unspecified atom stereocenters. The monoisotopic (exact) mass is 696 g/mol. The normalized spacial score (nSPS) is 13.9. The number of hydrogen-bond donors (Lipinski definition) is 2. The van der Waals surface area contributed by atoms with Crippen molar-refractivity contribution in [1.29, 1.82) is 0 Å². The fraction of sp³-hybridized carbons (Fsp3) is 0.238. The van der Waals surface area contributed by atoms with Crippen LogP contribution in [0.4, 0.5) is 43.9 Å². The lowest BCUT2D eigenvalue weighted by Gasteiger charge is -2.27. The number of rotatable bonds is 6. The Labute approximate surface area is 235 Å². The molecular weight excluding hydrogens is 688 g/mol. The van der Waals surface area contributed by atoms with E-state index in [0.717, 1.165) is 47.9 Å². The van der Waals surface area contributed by atoms with E-state index in [-0.39, 0.29) is 30.7 Å². The highest BCUT2D eigenvalue weighted by atomic mass is 79.9. The van der Waals surface area contributed by atoms with E-state index in [1.165, 1.54) is 5.43 Å². The molecule has 0 spiro atoms. The van der Waals surface area contributed by atoms with Crippen molar-refractivity contribution in [2.24, 2.45) is 0 Å². The molecule has 0 bridgehead atoms. The van der Waals surface area contributed by atoms with Crippen LogP contribution in [0.25, 0.3) is 6.08 Å². The molecule has 0 aliphatic heterocycles. The molecule has 2 amide bonds. The van der Waals surface area contributed by atoms with Crippen LogP contribution in [0.2, 0.25) is 15.1 Å². The maximum atomic E-state index is 13.7. The van der Waals surface area contributed by atoms with Crippen molar-refractivity contribution in [2.75, 3.05) is 0 Å². The van der Waals surface area contributed by atoms with Gasteiger partial charge >= 0.3 is 30.1 Å². The number of amides is 2. The van der Waals surface area contributed by atoms with Gasteiger partial charge in [0.05, 0.1) is 26.5 Å². The molecular formula is C21H10BrCl3F10N2O2. The van der Waals surface area contributed by atoms with Crippen LogP contribution < -0.4 is 10.9 Å². The first-order valence-electron chi connectivity index (χ1n) is 9.73. The SMILES string of the molecule is O=C(NNC(=O)C(F)(F)C(F)(F)C(F)(F)F)c1ccc(/C=C/C(c2cc(Cl)c(Cl)c(Cl)c2)C(F)(F)F)cc1Br. The van der Waals surface area contributed by atoms with Gasteiger partial charge in [0.1, 0.15) is 0 Å². The third-order valence-electron chi connectivity index (χ3n) is 4.76. The number of hydrogen-bond acceptors (Lipinski definition) is 2. The average molecular weight is 699 g/mol. The van der Waals surface area contributed by atoms with E-state index >= 15 is 0 Å². The van der Waals surface area contributed by atoms with Gasteiger partial charge in [-0.3, -0.25) is 20.4 Å². The van der Waals surface area contributed by atoms with Gasteiger partial charge in [-0.1, -0.05) is 53.0 Å². The van der Waals surface area contributed by atoms with Crippen LogP contribution in [0.5, 0.6) is 0 Å². The van der Waals surface area contributed by atoms with Gasteiger partial charge in [0, 0.05) is 4.47 Å². The number of carbonyl (C=O) groups is 2. The van der Waals surface area contributed by atoms with Crippen molar-refractivity contribution in [3.05, 3.63) is 72.6 Å². The van der Waals surface area contributed by atoms with Crippen LogP contribution in [-0.2, 0) is 4.79 Å². The number of carbonyl (C=O) groups excluding carboxylic acids is 2. The Kier molecular flexibility index (Phi) is 9.90. The van der Waals surface area contributed by atoms with E-state index in [9.17, 15) is 53.5 Å². The molecule has 2 aromatic rings. The molecule has 39 heavy (non-hydrogen) atoms. The van der Waals surface area contributed by atoms with E-state index in [2.05, 4.69) is 15.9 Å². The highest BCUT2D eigenvalue weighted by Gasteiger charge is 2.76. The third kappa shape index (κ3) is 7.30. The Morgan fingerprint density at radius 1 is 0.846 bits per heavy atom. The number of benzene rings is 2. The van der Waals surface area contributed by atoms with Gasteiger partial charge < -0.3 is 0 Å². The second kappa shape index (κ2) is 11.7. The summed E-state index contributed by atoms with van der Waals surface area (Å²) in [5.41, 5.74) is 1.25. The Morgan fingerprint density at radius 3 is 1.85 bits per heavy atom. The molecule has 0 fully saturated rings. The van der Waals surface area contributed by atoms with E-state index in [0.29, 0.717) is 0 Å². The highest BCUT2D eigenvalue weighted by molar-refractivity contribution is 9.10. The zero-order valence-electron chi connectivity index (χ0n) is 18.2. The molecule has 1 atom stereocenters. The summed E-state index contributed by atoms with van der Waals surface area (Å²) in [4.78, 5) is 23.4. The van der Waals surface area contributed by atoms with Gasteiger partial charge in [-0.2, -0.15) is 43.9 Å². The van der Waals surface area contributed by atoms with E-state index in [1.54, 1.807) is 0 Å². The maximum Gasteiger partial charge on any atom is 0.460 e. The zero-order chi connectivity index (χ0) is 30.1. The molecule has 0 saturated heterocycles. The topological polar surface area (TPSA) is 58.2 Å². The fourth-order valence-corrected chi connectivity index (χ4v) is 3.96. The largest absolute Gasteiger partial charge is 0.460 e. The van der Waals surface area contributed by atoms with Gasteiger partial charge in [-0.15, -0.1) is 0 Å². The zero-order valence-corrected chi connectivity index (χ0v) is 22.1. The fourth-order valence-electron chi connectivity index (χ4n) is 2.77. The molecule has 2 rings (SSSR count). The average Bonchev–Trinajstić information content (AvgIpc) is 2.79. The highest BCUT2D eigenvalue weighted by Crippen LogP contribution is 2.46. The minimum atomic E-state index is -6.78. The third-order valence-corrected chi connectivity index (χ3v) is 6.61. The lowest BCUT2D eigenvalue weighted by atomic mass is 9.97. The molecule has 0 radical (unpaired) electrons. The van der Waals surface area contributed by atoms with Crippen molar-refractivity contribution in [3.63, 3.8) is 0 Å². The van der Waals surface area contributed by atoms with Crippen LogP contribution in [-0.4, -0.2) is 36.0 Å². The van der Waals surface area contributed by atoms with Crippen LogP contribution >= 0.6 is 50.7 Å². The molecule has 2 aromatic carbocycles. The van der Waals surface area contributed by atoms with Crippen molar-refractivity contribution in [1.82, 2.24) is 10.9 Å². The number of allylic oxidation sites excluding steroid dienone is 1. The Bertz CT molecular complexity index is 1280. The molecule has 18 heteroatoms. The minimum Gasteiger partial charge on any atom is -0.267 e. The second-order valence-electron chi connectivity index (χ2n) is 7.47. The molecule has 0 aliphatic rings. The standard InChI is InChI=1S/C21H10BrCl3F10N2O2/c22-12-5-8(2-4-11(19(28,29)30)9-6-13(23)15(25)14(24)7-9)1-3-10(12)16(38)36-37-17(39)18(26,27)20(31,32)21(33,34)35/h1-7,11H,(H,36,38)(H,37,39)/b4-2+. The second-order valence-corrected chi connectivity index (χ2v) is 9.52. The number of hydrazine groups is 1. The Balaban J connectivity index is 2.22. The van der Waals surface area contributed by atoms with Crippen molar-refractivity contribution < 1.29 is 53.5 Å². The molecule has 2 N–H and O–H groups in total. The summed E-state index contributed by atoms with van der Waals surface area (Å²) in [7, 11) is 0. The summed E-state index contributed by atoms with van der Waals surface area (Å²) in [5, 5.41) is -0.613. The first-order valence-corrected chi connectivity index (χ1v) is 11.7. The van der Waals surface area contributed by atoms with Gasteiger partial charge in [-0.25, -0.2) is 0 Å². The molecule has 4 nitrogen and oxygen atoms in total. The maximum absolute atomic E-state index is 13.7. The summed E-state index contributed by atoms with van der Waals surface area (Å²) in [6.45, 7) is 0. The Morgan fingerprint density at radius 2 is 1.38 bits per heavy atom. The predicted molar refractivity (Wildman–Crippen MR) is 125 cm³/mol. The smallest absolute Gasteiger partial charge is 0.267 e. The van der Waals surface area contributed by atoms with E-state index < -0.39 is 47.5 Å². The van der Waals surface area contributed by atoms with Crippen LogP contribution in [0.3, 0.4) is 0 Å². The predicted octanol–water partition coefficient (Wildman–Crippen LogP) is 8.36.